The molecule has 0 heterocycles. The summed E-state index contributed by atoms with van der Waals surface area (Å²) in [5.74, 6) is 1.17. The van der Waals surface area contributed by atoms with E-state index in [1.165, 1.54) is 0 Å². The van der Waals surface area contributed by atoms with Crippen LogP contribution in [0, 0.1) is 6.92 Å². The summed E-state index contributed by atoms with van der Waals surface area (Å²) in [5, 5.41) is 0. The molecule has 0 aromatic heterocycles. The van der Waals surface area contributed by atoms with Gasteiger partial charge in [0.1, 0.15) is 5.75 Å². The number of ketones is 1. The molecule has 2 nitrogen and oxygen atoms in total. The second-order valence-electron chi connectivity index (χ2n) is 4.35. The molecule has 17 heavy (non-hydrogen) atoms. The maximum absolute atomic E-state index is 11.7. The number of carbonyl (C=O) groups is 1. The molecule has 0 saturated carbocycles. The van der Waals surface area contributed by atoms with Crippen molar-refractivity contribution in [1.29, 1.82) is 0 Å². The first kappa shape index (κ1) is 14.0. The van der Waals surface area contributed by atoms with Crippen molar-refractivity contribution in [3.8, 4) is 5.75 Å². The fourth-order valence-electron chi connectivity index (χ4n) is 1.80. The third-order valence-electron chi connectivity index (χ3n) is 2.70. The zero-order valence-electron chi connectivity index (χ0n) is 10.8. The van der Waals surface area contributed by atoms with Crippen LogP contribution in [0.5, 0.6) is 5.75 Å². The van der Waals surface area contributed by atoms with Gasteiger partial charge in [-0.1, -0.05) is 13.8 Å². The number of carbonyl (C=O) groups excluding carboxylic acids is 1. The van der Waals surface area contributed by atoms with Gasteiger partial charge in [-0.15, -0.1) is 11.6 Å². The molecule has 1 aromatic carbocycles. The van der Waals surface area contributed by atoms with Crippen LogP contribution in [0.3, 0.4) is 0 Å². The lowest BCUT2D eigenvalue weighted by Crippen LogP contribution is -2.07. The maximum Gasteiger partial charge on any atom is 0.177 e. The Kier molecular flexibility index (Phi) is 5.01. The van der Waals surface area contributed by atoms with E-state index in [-0.39, 0.29) is 11.7 Å². The van der Waals surface area contributed by atoms with Crippen LogP contribution in [-0.2, 0) is 0 Å². The third-order valence-corrected chi connectivity index (χ3v) is 2.94. The Morgan fingerprint density at radius 2 is 2.06 bits per heavy atom. The zero-order valence-corrected chi connectivity index (χ0v) is 11.6. The lowest BCUT2D eigenvalue weighted by atomic mass is 9.95. The minimum Gasteiger partial charge on any atom is -0.494 e. The van der Waals surface area contributed by atoms with Crippen molar-refractivity contribution in [2.45, 2.75) is 33.6 Å². The molecule has 0 N–H and O–H groups in total. The van der Waals surface area contributed by atoms with E-state index in [1.54, 1.807) is 0 Å². The highest BCUT2D eigenvalue weighted by atomic mass is 35.5. The van der Waals surface area contributed by atoms with Gasteiger partial charge in [0, 0.05) is 5.56 Å². The normalized spacial score (nSPS) is 10.7. The predicted octanol–water partition coefficient (Wildman–Crippen LogP) is 3.94. The fraction of sp³-hybridized carbons (Fsp3) is 0.500. The quantitative estimate of drug-likeness (QED) is 0.588. The number of benzene rings is 1. The van der Waals surface area contributed by atoms with E-state index in [2.05, 4.69) is 13.8 Å². The molecular weight excluding hydrogens is 236 g/mol. The van der Waals surface area contributed by atoms with Crippen LogP contribution in [0.4, 0.5) is 0 Å². The minimum absolute atomic E-state index is 0.0202. The fourth-order valence-corrected chi connectivity index (χ4v) is 1.95. The van der Waals surface area contributed by atoms with E-state index in [0.717, 1.165) is 16.9 Å². The first-order chi connectivity index (χ1) is 8.01. The van der Waals surface area contributed by atoms with Gasteiger partial charge in [0.05, 0.1) is 12.5 Å². The lowest BCUT2D eigenvalue weighted by molar-refractivity contribution is 0.102. The average molecular weight is 255 g/mol. The van der Waals surface area contributed by atoms with Gasteiger partial charge < -0.3 is 4.74 Å². The summed E-state index contributed by atoms with van der Waals surface area (Å²) >= 11 is 5.61. The second-order valence-corrected chi connectivity index (χ2v) is 4.62. The molecule has 0 radical (unpaired) electrons. The van der Waals surface area contributed by atoms with Gasteiger partial charge in [-0.2, -0.15) is 0 Å². The number of alkyl halides is 1. The molecule has 0 unspecified atom stereocenters. The minimum atomic E-state index is -0.0332. The van der Waals surface area contributed by atoms with Gasteiger partial charge in [-0.25, -0.2) is 0 Å². The van der Waals surface area contributed by atoms with Crippen LogP contribution in [0.25, 0.3) is 0 Å². The molecule has 0 bridgehead atoms. The first-order valence-electron chi connectivity index (χ1n) is 5.87. The van der Waals surface area contributed by atoms with E-state index in [4.69, 9.17) is 16.3 Å². The Morgan fingerprint density at radius 3 is 2.53 bits per heavy atom. The standard InChI is InChI=1S/C14H19ClO2/c1-5-17-14-6-10(4)12(13(16)8-15)7-11(14)9(2)3/h6-7,9H,5,8H2,1-4H3. The smallest absolute Gasteiger partial charge is 0.177 e. The molecule has 1 aromatic rings. The molecule has 94 valence electrons. The molecule has 0 amide bonds. The van der Waals surface area contributed by atoms with Crippen molar-refractivity contribution in [2.75, 3.05) is 12.5 Å². The van der Waals surface area contributed by atoms with Gasteiger partial charge in [-0.3, -0.25) is 4.79 Å². The van der Waals surface area contributed by atoms with Crippen LogP contribution in [0.1, 0.15) is 48.2 Å². The molecule has 0 aliphatic heterocycles. The number of halogens is 1. The number of hydrogen-bond acceptors (Lipinski definition) is 2. The van der Waals surface area contributed by atoms with E-state index in [0.29, 0.717) is 18.1 Å². The summed E-state index contributed by atoms with van der Waals surface area (Å²) < 4.78 is 5.60. The van der Waals surface area contributed by atoms with E-state index in [9.17, 15) is 4.79 Å². The van der Waals surface area contributed by atoms with Crippen molar-refractivity contribution in [2.24, 2.45) is 0 Å². The van der Waals surface area contributed by atoms with Gasteiger partial charge >= 0.3 is 0 Å². The highest BCUT2D eigenvalue weighted by Gasteiger charge is 2.15. The molecule has 0 saturated heterocycles. The Labute approximate surface area is 108 Å². The van der Waals surface area contributed by atoms with Crippen molar-refractivity contribution >= 4 is 17.4 Å². The van der Waals surface area contributed by atoms with Crippen LogP contribution in [-0.4, -0.2) is 18.3 Å². The Bertz CT molecular complexity index is 411. The van der Waals surface area contributed by atoms with E-state index < -0.39 is 0 Å². The Balaban J connectivity index is 3.29. The summed E-state index contributed by atoms with van der Waals surface area (Å²) in [5.41, 5.74) is 2.68. The third kappa shape index (κ3) is 3.22. The number of ether oxygens (including phenoxy) is 1. The second kappa shape index (κ2) is 6.06. The highest BCUT2D eigenvalue weighted by Crippen LogP contribution is 2.30. The average Bonchev–Trinajstić information content (AvgIpc) is 2.28. The lowest BCUT2D eigenvalue weighted by Gasteiger charge is -2.16. The summed E-state index contributed by atoms with van der Waals surface area (Å²) in [6.45, 7) is 8.66. The van der Waals surface area contributed by atoms with Crippen molar-refractivity contribution < 1.29 is 9.53 Å². The molecule has 0 atom stereocenters. The van der Waals surface area contributed by atoms with Crippen molar-refractivity contribution in [1.82, 2.24) is 0 Å². The number of hydrogen-bond donors (Lipinski definition) is 0. The summed E-state index contributed by atoms with van der Waals surface area (Å²) in [7, 11) is 0. The zero-order chi connectivity index (χ0) is 13.0. The molecular formula is C14H19ClO2. The summed E-state index contributed by atoms with van der Waals surface area (Å²) in [6, 6.07) is 3.84. The van der Waals surface area contributed by atoms with E-state index >= 15 is 0 Å². The maximum atomic E-state index is 11.7. The first-order valence-corrected chi connectivity index (χ1v) is 6.41. The van der Waals surface area contributed by atoms with Crippen molar-refractivity contribution in [3.05, 3.63) is 28.8 Å². The highest BCUT2D eigenvalue weighted by molar-refractivity contribution is 6.30. The Morgan fingerprint density at radius 1 is 1.41 bits per heavy atom. The SMILES string of the molecule is CCOc1cc(C)c(C(=O)CCl)cc1C(C)C. The van der Waals surface area contributed by atoms with E-state index in [1.807, 2.05) is 26.0 Å². The summed E-state index contributed by atoms with van der Waals surface area (Å²) in [6.07, 6.45) is 0. The van der Waals surface area contributed by atoms with Crippen molar-refractivity contribution in [3.63, 3.8) is 0 Å². The van der Waals surface area contributed by atoms with Crippen LogP contribution < -0.4 is 4.74 Å². The molecule has 0 aliphatic rings. The summed E-state index contributed by atoms with van der Waals surface area (Å²) in [4.78, 5) is 11.7. The molecule has 0 spiro atoms. The predicted molar refractivity (Wildman–Crippen MR) is 71.5 cm³/mol. The Hall–Kier alpha value is -1.02. The van der Waals surface area contributed by atoms with Gasteiger partial charge in [0.15, 0.2) is 5.78 Å². The number of Topliss-reactive ketones (excluding diaryl/α,β-unsaturated/α-hetero) is 1. The molecule has 1 rings (SSSR count). The number of rotatable bonds is 5. The molecule has 0 aliphatic carbocycles. The molecule has 3 heteroatoms. The van der Waals surface area contributed by atoms with Crippen LogP contribution >= 0.6 is 11.6 Å². The van der Waals surface area contributed by atoms with Gasteiger partial charge in [0.2, 0.25) is 0 Å². The van der Waals surface area contributed by atoms with Crippen LogP contribution in [0.2, 0.25) is 0 Å². The van der Waals surface area contributed by atoms with Gasteiger partial charge in [0.25, 0.3) is 0 Å². The molecule has 0 fully saturated rings. The van der Waals surface area contributed by atoms with Crippen LogP contribution in [0.15, 0.2) is 12.1 Å². The monoisotopic (exact) mass is 254 g/mol. The van der Waals surface area contributed by atoms with Gasteiger partial charge in [-0.05, 0) is 43.0 Å². The topological polar surface area (TPSA) is 26.3 Å². The largest absolute Gasteiger partial charge is 0.494 e. The number of aryl methyl sites for hydroxylation is 1.